The van der Waals surface area contributed by atoms with E-state index < -0.39 is 5.60 Å². The Morgan fingerprint density at radius 2 is 2.22 bits per heavy atom. The van der Waals surface area contributed by atoms with E-state index in [0.717, 1.165) is 29.7 Å². The molecule has 1 aliphatic rings. The lowest BCUT2D eigenvalue weighted by Crippen LogP contribution is -2.22. The minimum absolute atomic E-state index is 0.375. The van der Waals surface area contributed by atoms with Crippen molar-refractivity contribution in [1.82, 2.24) is 4.72 Å². The molecule has 0 radical (unpaired) electrons. The highest BCUT2D eigenvalue weighted by Gasteiger charge is 2.20. The monoisotopic (exact) mass is 334 g/mol. The van der Waals surface area contributed by atoms with Gasteiger partial charge < -0.3 is 19.6 Å². The summed E-state index contributed by atoms with van der Waals surface area (Å²) >= 11 is 1.04. The van der Waals surface area contributed by atoms with Crippen LogP contribution in [0.4, 0.5) is 10.5 Å². The van der Waals surface area contributed by atoms with Crippen molar-refractivity contribution in [2.24, 2.45) is 0 Å². The van der Waals surface area contributed by atoms with Gasteiger partial charge >= 0.3 is 6.03 Å². The third-order valence-corrected chi connectivity index (χ3v) is 4.19. The van der Waals surface area contributed by atoms with Crippen LogP contribution in [-0.2, 0) is 12.0 Å². The van der Waals surface area contributed by atoms with Crippen LogP contribution in [0.2, 0.25) is 0 Å². The Labute approximate surface area is 138 Å². The Morgan fingerprint density at radius 3 is 2.96 bits per heavy atom. The standard InChI is InChI=1S/C16H18N2O4S/c1-16(2,20)11-8-13(22-9-11)23-18-15(19)17-12-5-3-4-10-6-7-21-14(10)12/h3-5,8-9,20H,6-7H2,1-2H3,(H2,17,18,19). The molecule has 3 rings (SSSR count). The van der Waals surface area contributed by atoms with E-state index in [1.165, 1.54) is 6.26 Å². The Bertz CT molecular complexity index is 721. The number of hydrogen-bond acceptors (Lipinski definition) is 5. The van der Waals surface area contributed by atoms with Gasteiger partial charge in [0, 0.05) is 23.9 Å². The molecular weight excluding hydrogens is 316 g/mol. The minimum Gasteiger partial charge on any atom is -0.491 e. The van der Waals surface area contributed by atoms with Crippen LogP contribution in [0, 0.1) is 0 Å². The van der Waals surface area contributed by atoms with Crippen LogP contribution in [0.1, 0.15) is 25.0 Å². The maximum atomic E-state index is 12.0. The SMILES string of the molecule is CC(C)(O)c1coc(SNC(=O)Nc2cccc3c2OCC3)c1. The average molecular weight is 334 g/mol. The number of anilines is 1. The molecule has 1 aromatic heterocycles. The van der Waals surface area contributed by atoms with E-state index in [4.69, 9.17) is 9.15 Å². The molecule has 1 aromatic carbocycles. The second kappa shape index (κ2) is 6.17. The van der Waals surface area contributed by atoms with E-state index in [2.05, 4.69) is 10.0 Å². The number of amides is 2. The first-order valence-corrected chi connectivity index (χ1v) is 8.05. The summed E-state index contributed by atoms with van der Waals surface area (Å²) in [6.07, 6.45) is 2.33. The number of para-hydroxylation sites is 1. The number of carbonyl (C=O) groups excluding carboxylic acids is 1. The molecule has 2 aromatic rings. The summed E-state index contributed by atoms with van der Waals surface area (Å²) in [5.41, 5.74) is 1.41. The fraction of sp³-hybridized carbons (Fsp3) is 0.312. The van der Waals surface area contributed by atoms with Crippen molar-refractivity contribution in [2.75, 3.05) is 11.9 Å². The predicted molar refractivity (Wildman–Crippen MR) is 87.6 cm³/mol. The normalized spacial score (nSPS) is 13.3. The maximum absolute atomic E-state index is 12.0. The summed E-state index contributed by atoms with van der Waals surface area (Å²) in [7, 11) is 0. The number of aliphatic hydroxyl groups is 1. The zero-order valence-corrected chi connectivity index (χ0v) is 13.7. The molecule has 2 amide bonds. The van der Waals surface area contributed by atoms with Gasteiger partial charge in [-0.3, -0.25) is 4.72 Å². The van der Waals surface area contributed by atoms with E-state index in [9.17, 15) is 9.90 Å². The zero-order valence-electron chi connectivity index (χ0n) is 12.9. The molecule has 0 unspecified atom stereocenters. The van der Waals surface area contributed by atoms with Crippen molar-refractivity contribution in [3.63, 3.8) is 0 Å². The molecule has 23 heavy (non-hydrogen) atoms. The molecule has 0 bridgehead atoms. The van der Waals surface area contributed by atoms with E-state index in [0.29, 0.717) is 22.9 Å². The van der Waals surface area contributed by atoms with Gasteiger partial charge in [-0.2, -0.15) is 0 Å². The third kappa shape index (κ3) is 3.62. The molecule has 2 heterocycles. The van der Waals surface area contributed by atoms with Crippen molar-refractivity contribution in [1.29, 1.82) is 0 Å². The van der Waals surface area contributed by atoms with Crippen molar-refractivity contribution >= 4 is 23.7 Å². The number of nitrogens with one attached hydrogen (secondary N) is 2. The highest BCUT2D eigenvalue weighted by Crippen LogP contribution is 2.33. The van der Waals surface area contributed by atoms with Gasteiger partial charge in [-0.15, -0.1) is 0 Å². The lowest BCUT2D eigenvalue weighted by molar-refractivity contribution is 0.0779. The van der Waals surface area contributed by atoms with Gasteiger partial charge in [0.1, 0.15) is 5.75 Å². The first-order valence-electron chi connectivity index (χ1n) is 7.23. The summed E-state index contributed by atoms with van der Waals surface area (Å²) in [5.74, 6) is 0.731. The van der Waals surface area contributed by atoms with Crippen LogP contribution < -0.4 is 14.8 Å². The molecular formula is C16H18N2O4S. The summed E-state index contributed by atoms with van der Waals surface area (Å²) in [6.45, 7) is 3.97. The lowest BCUT2D eigenvalue weighted by atomic mass is 10.0. The average Bonchev–Trinajstić information content (AvgIpc) is 3.14. The van der Waals surface area contributed by atoms with Gasteiger partial charge in [0.05, 0.1) is 24.2 Å². The van der Waals surface area contributed by atoms with E-state index >= 15 is 0 Å². The van der Waals surface area contributed by atoms with Gasteiger partial charge in [-0.1, -0.05) is 12.1 Å². The number of ether oxygens (including phenoxy) is 1. The molecule has 0 spiro atoms. The van der Waals surface area contributed by atoms with Gasteiger partial charge in [-0.05, 0) is 31.5 Å². The van der Waals surface area contributed by atoms with E-state index in [1.807, 2.05) is 12.1 Å². The smallest absolute Gasteiger partial charge is 0.329 e. The Kier molecular flexibility index (Phi) is 4.23. The summed E-state index contributed by atoms with van der Waals surface area (Å²) in [5, 5.41) is 13.1. The van der Waals surface area contributed by atoms with Crippen LogP contribution in [-0.4, -0.2) is 17.7 Å². The minimum atomic E-state index is -0.980. The lowest BCUT2D eigenvalue weighted by Gasteiger charge is -2.13. The van der Waals surface area contributed by atoms with Crippen LogP contribution in [0.3, 0.4) is 0 Å². The summed E-state index contributed by atoms with van der Waals surface area (Å²) in [4.78, 5) is 12.0. The van der Waals surface area contributed by atoms with Crippen molar-refractivity contribution in [3.8, 4) is 5.75 Å². The molecule has 0 fully saturated rings. The Hall–Kier alpha value is -2.12. The fourth-order valence-electron chi connectivity index (χ4n) is 2.25. The number of carbonyl (C=O) groups is 1. The van der Waals surface area contributed by atoms with Crippen LogP contribution in [0.25, 0.3) is 0 Å². The first-order chi connectivity index (χ1) is 10.9. The number of hydrogen-bond donors (Lipinski definition) is 3. The highest BCUT2D eigenvalue weighted by atomic mass is 32.2. The van der Waals surface area contributed by atoms with E-state index in [1.54, 1.807) is 26.0 Å². The largest absolute Gasteiger partial charge is 0.491 e. The molecule has 0 saturated heterocycles. The van der Waals surface area contributed by atoms with Crippen molar-refractivity contribution in [3.05, 3.63) is 41.7 Å². The number of rotatable bonds is 4. The molecule has 0 saturated carbocycles. The number of benzene rings is 1. The van der Waals surface area contributed by atoms with E-state index in [-0.39, 0.29) is 6.03 Å². The second-order valence-corrected chi connectivity index (χ2v) is 6.57. The number of urea groups is 1. The van der Waals surface area contributed by atoms with Gasteiger partial charge in [0.25, 0.3) is 0 Å². The van der Waals surface area contributed by atoms with Gasteiger partial charge in [0.2, 0.25) is 0 Å². The molecule has 0 atom stereocenters. The Balaban J connectivity index is 1.58. The van der Waals surface area contributed by atoms with Crippen molar-refractivity contribution in [2.45, 2.75) is 31.0 Å². The summed E-state index contributed by atoms with van der Waals surface area (Å²) in [6, 6.07) is 6.99. The highest BCUT2D eigenvalue weighted by molar-refractivity contribution is 7.97. The molecule has 122 valence electrons. The van der Waals surface area contributed by atoms with Crippen LogP contribution >= 0.6 is 11.9 Å². The number of furan rings is 1. The maximum Gasteiger partial charge on any atom is 0.329 e. The van der Waals surface area contributed by atoms with Gasteiger partial charge in [-0.25, -0.2) is 4.79 Å². The second-order valence-electron chi connectivity index (χ2n) is 5.76. The molecule has 6 nitrogen and oxygen atoms in total. The topological polar surface area (TPSA) is 83.7 Å². The quantitative estimate of drug-likeness (QED) is 0.747. The summed E-state index contributed by atoms with van der Waals surface area (Å²) < 4.78 is 13.5. The predicted octanol–water partition coefficient (Wildman–Crippen LogP) is 3.27. The molecule has 7 heteroatoms. The number of fused-ring (bicyclic) bond motifs is 1. The first kappa shape index (κ1) is 15.8. The van der Waals surface area contributed by atoms with Crippen molar-refractivity contribution < 1.29 is 19.1 Å². The zero-order chi connectivity index (χ0) is 16.4. The molecule has 0 aliphatic carbocycles. The molecule has 3 N–H and O–H groups in total. The third-order valence-electron chi connectivity index (χ3n) is 3.49. The fourth-order valence-corrected chi connectivity index (χ4v) is 2.78. The Morgan fingerprint density at radius 1 is 1.39 bits per heavy atom. The van der Waals surface area contributed by atoms with Crippen LogP contribution in [0.5, 0.6) is 5.75 Å². The molecule has 1 aliphatic heterocycles. The van der Waals surface area contributed by atoms with Gasteiger partial charge in [0.15, 0.2) is 5.09 Å². The van der Waals surface area contributed by atoms with Crippen LogP contribution in [0.15, 0.2) is 40.0 Å².